The summed E-state index contributed by atoms with van der Waals surface area (Å²) in [6.45, 7) is 0.569. The summed E-state index contributed by atoms with van der Waals surface area (Å²) < 4.78 is 0. The molecule has 0 atom stereocenters. The molecular formula is C16H17N3. The average molecular weight is 251 g/mol. The summed E-state index contributed by atoms with van der Waals surface area (Å²) >= 11 is 0. The van der Waals surface area contributed by atoms with Crippen molar-refractivity contribution in [2.75, 3.05) is 0 Å². The second-order valence-electron chi connectivity index (χ2n) is 4.74. The van der Waals surface area contributed by atoms with E-state index in [0.717, 1.165) is 29.6 Å². The lowest BCUT2D eigenvalue weighted by Gasteiger charge is -2.01. The summed E-state index contributed by atoms with van der Waals surface area (Å²) in [6, 6.07) is 16.7. The van der Waals surface area contributed by atoms with Gasteiger partial charge in [0.2, 0.25) is 0 Å². The first-order valence-electron chi connectivity index (χ1n) is 6.56. The van der Waals surface area contributed by atoms with Gasteiger partial charge in [0.25, 0.3) is 0 Å². The van der Waals surface area contributed by atoms with Crippen LogP contribution in [0.4, 0.5) is 0 Å². The summed E-state index contributed by atoms with van der Waals surface area (Å²) in [5.74, 6) is 0. The van der Waals surface area contributed by atoms with E-state index < -0.39 is 0 Å². The molecule has 0 aliphatic heterocycles. The van der Waals surface area contributed by atoms with Crippen molar-refractivity contribution in [2.45, 2.75) is 19.4 Å². The molecule has 0 radical (unpaired) electrons. The normalized spacial score (nSPS) is 11.0. The van der Waals surface area contributed by atoms with Gasteiger partial charge in [-0.2, -0.15) is 5.10 Å². The van der Waals surface area contributed by atoms with Crippen molar-refractivity contribution in [3.8, 4) is 0 Å². The number of nitrogens with one attached hydrogen (secondary N) is 1. The van der Waals surface area contributed by atoms with E-state index in [9.17, 15) is 0 Å². The zero-order valence-corrected chi connectivity index (χ0v) is 10.8. The van der Waals surface area contributed by atoms with Crippen LogP contribution in [-0.2, 0) is 19.4 Å². The predicted octanol–water partition coefficient (Wildman–Crippen LogP) is 2.81. The largest absolute Gasteiger partial charge is 0.326 e. The number of H-pyrrole nitrogens is 1. The van der Waals surface area contributed by atoms with Crippen LogP contribution in [-0.4, -0.2) is 10.2 Å². The van der Waals surface area contributed by atoms with Gasteiger partial charge in [0, 0.05) is 11.9 Å². The molecule has 96 valence electrons. The number of nitrogens with zero attached hydrogens (tertiary/aromatic N) is 1. The molecule has 0 saturated carbocycles. The number of rotatable bonds is 4. The highest BCUT2D eigenvalue weighted by atomic mass is 15.1. The number of hydrogen-bond acceptors (Lipinski definition) is 2. The van der Waals surface area contributed by atoms with Crippen molar-refractivity contribution in [3.63, 3.8) is 0 Å². The molecule has 1 heterocycles. The number of aryl methyl sites for hydroxylation is 2. The number of benzene rings is 2. The summed E-state index contributed by atoms with van der Waals surface area (Å²) in [5.41, 5.74) is 10.4. The van der Waals surface area contributed by atoms with Crippen molar-refractivity contribution in [3.05, 3.63) is 65.4 Å². The number of fused-ring (bicyclic) bond motifs is 1. The van der Waals surface area contributed by atoms with E-state index in [-0.39, 0.29) is 0 Å². The van der Waals surface area contributed by atoms with Crippen LogP contribution in [0.3, 0.4) is 0 Å². The highest BCUT2D eigenvalue weighted by molar-refractivity contribution is 5.82. The Hall–Kier alpha value is -2.13. The molecule has 19 heavy (non-hydrogen) atoms. The van der Waals surface area contributed by atoms with E-state index in [2.05, 4.69) is 46.6 Å². The van der Waals surface area contributed by atoms with Gasteiger partial charge < -0.3 is 5.73 Å². The average Bonchev–Trinajstić information content (AvgIpc) is 2.88. The summed E-state index contributed by atoms with van der Waals surface area (Å²) in [7, 11) is 0. The molecule has 0 amide bonds. The Bertz CT molecular complexity index is 671. The monoisotopic (exact) mass is 251 g/mol. The molecule has 0 aliphatic rings. The standard InChI is InChI=1S/C16H17N3/c17-11-13-7-9-16-14(10-13)15(18-19-16)8-6-12-4-2-1-3-5-12/h1-5,7,9-10H,6,8,11,17H2,(H,18,19). The Morgan fingerprint density at radius 3 is 2.58 bits per heavy atom. The minimum atomic E-state index is 0.569. The van der Waals surface area contributed by atoms with Crippen molar-refractivity contribution < 1.29 is 0 Å². The fourth-order valence-electron chi connectivity index (χ4n) is 2.34. The Kier molecular flexibility index (Phi) is 3.29. The second kappa shape index (κ2) is 5.24. The minimum absolute atomic E-state index is 0.569. The van der Waals surface area contributed by atoms with E-state index in [0.29, 0.717) is 6.54 Å². The lowest BCUT2D eigenvalue weighted by atomic mass is 10.0. The molecule has 3 rings (SSSR count). The van der Waals surface area contributed by atoms with Gasteiger partial charge in [0.1, 0.15) is 0 Å². The van der Waals surface area contributed by atoms with Crippen LogP contribution in [0.1, 0.15) is 16.8 Å². The third kappa shape index (κ3) is 2.51. The molecular weight excluding hydrogens is 234 g/mol. The van der Waals surface area contributed by atoms with Gasteiger partial charge >= 0.3 is 0 Å². The number of aromatic amines is 1. The van der Waals surface area contributed by atoms with Crippen LogP contribution in [0.15, 0.2) is 48.5 Å². The van der Waals surface area contributed by atoms with Crippen molar-refractivity contribution >= 4 is 10.9 Å². The van der Waals surface area contributed by atoms with Gasteiger partial charge in [-0.1, -0.05) is 36.4 Å². The summed E-state index contributed by atoms with van der Waals surface area (Å²) in [5, 5.41) is 8.70. The smallest absolute Gasteiger partial charge is 0.0704 e. The highest BCUT2D eigenvalue weighted by Gasteiger charge is 2.06. The molecule has 0 unspecified atom stereocenters. The summed E-state index contributed by atoms with van der Waals surface area (Å²) in [4.78, 5) is 0. The van der Waals surface area contributed by atoms with Crippen LogP contribution in [0.25, 0.3) is 10.9 Å². The van der Waals surface area contributed by atoms with E-state index in [1.807, 2.05) is 12.1 Å². The fourth-order valence-corrected chi connectivity index (χ4v) is 2.34. The zero-order valence-electron chi connectivity index (χ0n) is 10.8. The maximum Gasteiger partial charge on any atom is 0.0704 e. The van der Waals surface area contributed by atoms with Crippen LogP contribution in [0, 0.1) is 0 Å². The molecule has 3 N–H and O–H groups in total. The Morgan fingerprint density at radius 2 is 1.79 bits per heavy atom. The predicted molar refractivity (Wildman–Crippen MR) is 77.8 cm³/mol. The molecule has 3 nitrogen and oxygen atoms in total. The molecule has 0 bridgehead atoms. The van der Waals surface area contributed by atoms with Crippen molar-refractivity contribution in [1.29, 1.82) is 0 Å². The van der Waals surface area contributed by atoms with Crippen molar-refractivity contribution in [2.24, 2.45) is 5.73 Å². The van der Waals surface area contributed by atoms with Gasteiger partial charge in [0.15, 0.2) is 0 Å². The fraction of sp³-hybridized carbons (Fsp3) is 0.188. The number of nitrogens with two attached hydrogens (primary N) is 1. The van der Waals surface area contributed by atoms with Gasteiger partial charge in [0.05, 0.1) is 11.2 Å². The molecule has 0 aliphatic carbocycles. The van der Waals surface area contributed by atoms with Gasteiger partial charge in [-0.25, -0.2) is 0 Å². The quantitative estimate of drug-likeness (QED) is 0.749. The molecule has 0 fully saturated rings. The van der Waals surface area contributed by atoms with Gasteiger partial charge in [-0.15, -0.1) is 0 Å². The molecule has 1 aromatic heterocycles. The maximum atomic E-state index is 5.69. The lowest BCUT2D eigenvalue weighted by molar-refractivity contribution is 0.900. The Labute approximate surface area is 112 Å². The molecule has 3 aromatic rings. The molecule has 0 saturated heterocycles. The molecule has 3 heteroatoms. The van der Waals surface area contributed by atoms with Crippen molar-refractivity contribution in [1.82, 2.24) is 10.2 Å². The zero-order chi connectivity index (χ0) is 13.1. The van der Waals surface area contributed by atoms with E-state index >= 15 is 0 Å². The third-order valence-corrected chi connectivity index (χ3v) is 3.44. The van der Waals surface area contributed by atoms with Crippen LogP contribution < -0.4 is 5.73 Å². The van der Waals surface area contributed by atoms with Crippen LogP contribution in [0.5, 0.6) is 0 Å². The van der Waals surface area contributed by atoms with E-state index in [4.69, 9.17) is 5.73 Å². The van der Waals surface area contributed by atoms with Gasteiger partial charge in [-0.3, -0.25) is 5.10 Å². The first-order valence-corrected chi connectivity index (χ1v) is 6.56. The first-order chi connectivity index (χ1) is 9.36. The second-order valence-corrected chi connectivity index (χ2v) is 4.74. The number of hydrogen-bond donors (Lipinski definition) is 2. The molecule has 0 spiro atoms. The topological polar surface area (TPSA) is 54.7 Å². The molecule has 2 aromatic carbocycles. The number of aromatic nitrogens is 2. The Balaban J connectivity index is 1.84. The SMILES string of the molecule is NCc1ccc2[nH]nc(CCc3ccccc3)c2c1. The first kappa shape index (κ1) is 11.9. The van der Waals surface area contributed by atoms with Gasteiger partial charge in [-0.05, 0) is 36.1 Å². The third-order valence-electron chi connectivity index (χ3n) is 3.44. The Morgan fingerprint density at radius 1 is 0.947 bits per heavy atom. The maximum absolute atomic E-state index is 5.69. The highest BCUT2D eigenvalue weighted by Crippen LogP contribution is 2.19. The van der Waals surface area contributed by atoms with Crippen LogP contribution >= 0.6 is 0 Å². The summed E-state index contributed by atoms with van der Waals surface area (Å²) in [6.07, 6.45) is 1.95. The van der Waals surface area contributed by atoms with Crippen LogP contribution in [0.2, 0.25) is 0 Å². The van der Waals surface area contributed by atoms with E-state index in [1.54, 1.807) is 0 Å². The lowest BCUT2D eigenvalue weighted by Crippen LogP contribution is -1.96. The minimum Gasteiger partial charge on any atom is -0.326 e. The van der Waals surface area contributed by atoms with E-state index in [1.165, 1.54) is 10.9 Å².